The van der Waals surface area contributed by atoms with Gasteiger partial charge < -0.3 is 28.4 Å². The molecule has 4 aromatic carbocycles. The summed E-state index contributed by atoms with van der Waals surface area (Å²) in [6.07, 6.45) is 4.36. The fourth-order valence-electron chi connectivity index (χ4n) is 5.50. The van der Waals surface area contributed by atoms with E-state index < -0.39 is 24.1 Å². The van der Waals surface area contributed by atoms with E-state index in [0.717, 1.165) is 11.1 Å². The topological polar surface area (TPSA) is 89.5 Å². The van der Waals surface area contributed by atoms with Crippen LogP contribution in [0.4, 0.5) is 0 Å². The molecule has 0 spiro atoms. The van der Waals surface area contributed by atoms with Crippen LogP contribution in [0.15, 0.2) is 123 Å². The summed E-state index contributed by atoms with van der Waals surface area (Å²) in [5.41, 5.74) is 3.39. The SMILES string of the molecule is C=COCCCOc1ccc(C#Cc2ccccc2)cc1C(=O)OC1CCCC1OC(=O)c1cc(C#Cc2ccccc2)ccc1OCCCOC=C. The Morgan fingerprint density at radius 2 is 0.981 bits per heavy atom. The lowest BCUT2D eigenvalue weighted by molar-refractivity contribution is -0.0243. The first-order valence-corrected chi connectivity index (χ1v) is 17.6. The van der Waals surface area contributed by atoms with Gasteiger partial charge in [0.15, 0.2) is 0 Å². The first-order valence-electron chi connectivity index (χ1n) is 17.6. The van der Waals surface area contributed by atoms with Gasteiger partial charge in [0.1, 0.15) is 34.8 Å². The van der Waals surface area contributed by atoms with Crippen LogP contribution in [0.25, 0.3) is 0 Å². The smallest absolute Gasteiger partial charge is 0.342 e. The fourth-order valence-corrected chi connectivity index (χ4v) is 5.50. The molecule has 4 aromatic rings. The van der Waals surface area contributed by atoms with Gasteiger partial charge in [0.25, 0.3) is 0 Å². The molecular weight excluding hydrogens is 668 g/mol. The Morgan fingerprint density at radius 1 is 0.566 bits per heavy atom. The lowest BCUT2D eigenvalue weighted by atomic mass is 10.1. The lowest BCUT2D eigenvalue weighted by Crippen LogP contribution is -2.31. The molecule has 0 aliphatic heterocycles. The summed E-state index contributed by atoms with van der Waals surface area (Å²) in [7, 11) is 0. The van der Waals surface area contributed by atoms with Crippen molar-refractivity contribution in [2.24, 2.45) is 0 Å². The highest BCUT2D eigenvalue weighted by Gasteiger charge is 2.35. The third-order valence-corrected chi connectivity index (χ3v) is 8.12. The van der Waals surface area contributed by atoms with E-state index in [1.807, 2.05) is 60.7 Å². The second-order valence-corrected chi connectivity index (χ2v) is 12.0. The summed E-state index contributed by atoms with van der Waals surface area (Å²) in [5, 5.41) is 0. The summed E-state index contributed by atoms with van der Waals surface area (Å²) in [4.78, 5) is 27.6. The third kappa shape index (κ3) is 11.8. The Morgan fingerprint density at radius 3 is 1.40 bits per heavy atom. The normalized spacial score (nSPS) is 14.3. The molecule has 8 heteroatoms. The minimum Gasteiger partial charge on any atom is -0.502 e. The highest BCUT2D eigenvalue weighted by Crippen LogP contribution is 2.30. The Bertz CT molecular complexity index is 1820. The van der Waals surface area contributed by atoms with Gasteiger partial charge in [0, 0.05) is 35.1 Å². The van der Waals surface area contributed by atoms with Crippen LogP contribution in [0, 0.1) is 23.7 Å². The Balaban J connectivity index is 1.32. The molecule has 0 saturated heterocycles. The highest BCUT2D eigenvalue weighted by molar-refractivity contribution is 5.94. The third-order valence-electron chi connectivity index (χ3n) is 8.12. The van der Waals surface area contributed by atoms with Crippen molar-refractivity contribution in [2.75, 3.05) is 26.4 Å². The van der Waals surface area contributed by atoms with Crippen LogP contribution in [0.2, 0.25) is 0 Å². The number of rotatable bonds is 16. The first kappa shape index (κ1) is 37.9. The van der Waals surface area contributed by atoms with Gasteiger partial charge in [-0.1, -0.05) is 73.2 Å². The maximum atomic E-state index is 13.8. The molecule has 0 aromatic heterocycles. The largest absolute Gasteiger partial charge is 0.502 e. The molecule has 8 nitrogen and oxygen atoms in total. The van der Waals surface area contributed by atoms with E-state index in [0.29, 0.717) is 81.2 Å². The van der Waals surface area contributed by atoms with Gasteiger partial charge >= 0.3 is 11.9 Å². The molecule has 0 amide bonds. The van der Waals surface area contributed by atoms with E-state index >= 15 is 0 Å². The highest BCUT2D eigenvalue weighted by atomic mass is 16.6. The number of esters is 2. The zero-order valence-electron chi connectivity index (χ0n) is 29.6. The van der Waals surface area contributed by atoms with Gasteiger partial charge in [-0.15, -0.1) is 0 Å². The van der Waals surface area contributed by atoms with Crippen LogP contribution in [-0.2, 0) is 18.9 Å². The van der Waals surface area contributed by atoms with Gasteiger partial charge in [-0.3, -0.25) is 0 Å². The summed E-state index contributed by atoms with van der Waals surface area (Å²) >= 11 is 0. The average molecular weight is 711 g/mol. The van der Waals surface area contributed by atoms with Crippen LogP contribution < -0.4 is 9.47 Å². The summed E-state index contributed by atoms with van der Waals surface area (Å²) in [5.74, 6) is 12.0. The Kier molecular flexibility index (Phi) is 14.6. The van der Waals surface area contributed by atoms with Crippen molar-refractivity contribution >= 4 is 11.9 Å². The fraction of sp³-hybridized carbons (Fsp3) is 0.244. The van der Waals surface area contributed by atoms with Gasteiger partial charge in [-0.2, -0.15) is 0 Å². The second-order valence-electron chi connectivity index (χ2n) is 12.0. The average Bonchev–Trinajstić information content (AvgIpc) is 3.63. The van der Waals surface area contributed by atoms with Crippen LogP contribution in [-0.4, -0.2) is 50.6 Å². The second kappa shape index (κ2) is 20.5. The van der Waals surface area contributed by atoms with Gasteiger partial charge in [0.2, 0.25) is 0 Å². The van der Waals surface area contributed by atoms with Crippen LogP contribution in [0.1, 0.15) is 75.1 Å². The number of ether oxygens (including phenoxy) is 6. The maximum absolute atomic E-state index is 13.8. The predicted octanol–water partition coefficient (Wildman–Crippen LogP) is 8.28. The number of benzene rings is 4. The molecule has 1 aliphatic carbocycles. The van der Waals surface area contributed by atoms with Crippen molar-refractivity contribution in [1.82, 2.24) is 0 Å². The number of hydrogen-bond donors (Lipinski definition) is 0. The quantitative estimate of drug-likeness (QED) is 0.0497. The van der Waals surface area contributed by atoms with E-state index in [4.69, 9.17) is 28.4 Å². The van der Waals surface area contributed by atoms with E-state index in [1.54, 1.807) is 36.4 Å². The van der Waals surface area contributed by atoms with Gasteiger partial charge in [-0.25, -0.2) is 9.59 Å². The van der Waals surface area contributed by atoms with Crippen molar-refractivity contribution in [2.45, 2.75) is 44.3 Å². The molecular formula is C45H42O8. The van der Waals surface area contributed by atoms with Crippen molar-refractivity contribution < 1.29 is 38.0 Å². The molecule has 2 unspecified atom stereocenters. The monoisotopic (exact) mass is 710 g/mol. The number of carbonyl (C=O) groups is 2. The van der Waals surface area contributed by atoms with E-state index in [2.05, 4.69) is 36.8 Å². The summed E-state index contributed by atoms with van der Waals surface area (Å²) < 4.78 is 34.4. The van der Waals surface area contributed by atoms with Crippen LogP contribution in [0.5, 0.6) is 11.5 Å². The molecule has 0 N–H and O–H groups in total. The van der Waals surface area contributed by atoms with Crippen molar-refractivity contribution in [3.63, 3.8) is 0 Å². The van der Waals surface area contributed by atoms with Crippen LogP contribution >= 0.6 is 0 Å². The molecule has 2 atom stereocenters. The summed E-state index contributed by atoms with van der Waals surface area (Å²) in [6.45, 7) is 8.59. The van der Waals surface area contributed by atoms with Crippen molar-refractivity contribution in [3.8, 4) is 35.2 Å². The Hall–Kier alpha value is -6.38. The molecule has 270 valence electrons. The first-order chi connectivity index (χ1) is 26.0. The molecule has 1 aliphatic rings. The minimum absolute atomic E-state index is 0.229. The zero-order chi connectivity index (χ0) is 37.1. The van der Waals surface area contributed by atoms with E-state index in [1.165, 1.54) is 12.5 Å². The number of carbonyl (C=O) groups excluding carboxylic acids is 2. The molecule has 1 fully saturated rings. The van der Waals surface area contributed by atoms with E-state index in [9.17, 15) is 9.59 Å². The predicted molar refractivity (Wildman–Crippen MR) is 203 cm³/mol. The van der Waals surface area contributed by atoms with Crippen molar-refractivity contribution in [1.29, 1.82) is 0 Å². The lowest BCUT2D eigenvalue weighted by Gasteiger charge is -2.22. The minimum atomic E-state index is -0.666. The molecule has 53 heavy (non-hydrogen) atoms. The number of hydrogen-bond acceptors (Lipinski definition) is 8. The Labute approximate surface area is 311 Å². The van der Waals surface area contributed by atoms with Gasteiger partial charge in [-0.05, 0) is 79.9 Å². The molecule has 0 radical (unpaired) electrons. The molecule has 1 saturated carbocycles. The molecule has 0 bridgehead atoms. The molecule has 0 heterocycles. The molecule has 5 rings (SSSR count). The van der Waals surface area contributed by atoms with Crippen molar-refractivity contribution in [3.05, 3.63) is 156 Å². The van der Waals surface area contributed by atoms with E-state index in [-0.39, 0.29) is 11.1 Å². The van der Waals surface area contributed by atoms with Gasteiger partial charge in [0.05, 0.1) is 39.0 Å². The zero-order valence-corrected chi connectivity index (χ0v) is 29.6. The maximum Gasteiger partial charge on any atom is 0.342 e. The summed E-state index contributed by atoms with van der Waals surface area (Å²) in [6, 6.07) is 29.5. The van der Waals surface area contributed by atoms with Crippen LogP contribution in [0.3, 0.4) is 0 Å². The standard InChI is InChI=1S/C45H42O8/c1-3-48-28-12-30-50-40-26-24-36(22-20-34-14-7-5-8-15-34)32-38(40)44(46)52-42-18-11-19-43(42)53-45(47)39-33-37(23-21-35-16-9-6-10-17-35)25-27-41(39)51-31-13-29-49-4-2/h3-10,14-17,24-27,32-33,42-43H,1-2,11-13,18-19,28-31H2.